The third-order valence-electron chi connectivity index (χ3n) is 3.28. The van der Waals surface area contributed by atoms with Crippen LogP contribution in [0.25, 0.3) is 0 Å². The second kappa shape index (κ2) is 7.98. The Labute approximate surface area is 130 Å². The van der Waals surface area contributed by atoms with Gasteiger partial charge in [0.05, 0.1) is 6.04 Å². The van der Waals surface area contributed by atoms with Crippen molar-refractivity contribution in [2.24, 2.45) is 0 Å². The zero-order valence-electron chi connectivity index (χ0n) is 12.6. The average molecular weight is 296 g/mol. The van der Waals surface area contributed by atoms with E-state index >= 15 is 0 Å². The van der Waals surface area contributed by atoms with Crippen LogP contribution in [0.5, 0.6) is 0 Å². The first-order chi connectivity index (χ1) is 10.7. The van der Waals surface area contributed by atoms with Crippen LogP contribution in [-0.4, -0.2) is 18.4 Å². The van der Waals surface area contributed by atoms with Crippen LogP contribution in [0.1, 0.15) is 30.5 Å². The van der Waals surface area contributed by atoms with Gasteiger partial charge in [0.25, 0.3) is 0 Å². The number of rotatable bonds is 5. The van der Waals surface area contributed by atoms with E-state index in [1.807, 2.05) is 67.6 Å². The van der Waals surface area contributed by atoms with Crippen molar-refractivity contribution in [1.29, 1.82) is 0 Å². The molecule has 2 aromatic carbocycles. The first kappa shape index (κ1) is 15.8. The summed E-state index contributed by atoms with van der Waals surface area (Å²) in [5.41, 5.74) is 1.87. The minimum atomic E-state index is -0.619. The van der Waals surface area contributed by atoms with E-state index in [9.17, 15) is 9.59 Å². The lowest BCUT2D eigenvalue weighted by Gasteiger charge is -2.19. The Hall–Kier alpha value is -2.62. The van der Waals surface area contributed by atoms with Gasteiger partial charge in [-0.3, -0.25) is 9.59 Å². The van der Waals surface area contributed by atoms with E-state index in [1.165, 1.54) is 0 Å². The third-order valence-corrected chi connectivity index (χ3v) is 3.28. The van der Waals surface area contributed by atoms with Crippen LogP contribution in [-0.2, 0) is 9.59 Å². The lowest BCUT2D eigenvalue weighted by molar-refractivity contribution is -0.139. The van der Waals surface area contributed by atoms with E-state index in [0.29, 0.717) is 6.54 Å². The number of amides is 2. The van der Waals surface area contributed by atoms with E-state index in [-0.39, 0.29) is 6.04 Å². The normalized spacial score (nSPS) is 10.3. The summed E-state index contributed by atoms with van der Waals surface area (Å²) < 4.78 is 0. The standard InChI is InChI=1S/C18H20N2O2/c1-2-13-19-17(21)18(22)20-16(14-9-5-3-6-10-14)15-11-7-4-8-12-15/h3-12,16H,2,13H2,1H3,(H,19,21)(H,20,22). The fourth-order valence-electron chi connectivity index (χ4n) is 2.17. The van der Waals surface area contributed by atoms with Gasteiger partial charge in [-0.1, -0.05) is 67.6 Å². The van der Waals surface area contributed by atoms with Crippen molar-refractivity contribution in [2.45, 2.75) is 19.4 Å². The molecular formula is C18H20N2O2. The maximum atomic E-state index is 12.1. The first-order valence-corrected chi connectivity index (χ1v) is 7.41. The van der Waals surface area contributed by atoms with Crippen LogP contribution in [0.2, 0.25) is 0 Å². The number of hydrogen-bond acceptors (Lipinski definition) is 2. The van der Waals surface area contributed by atoms with Crippen LogP contribution in [0.4, 0.5) is 0 Å². The van der Waals surface area contributed by atoms with Crippen LogP contribution in [0.15, 0.2) is 60.7 Å². The van der Waals surface area contributed by atoms with E-state index in [0.717, 1.165) is 17.5 Å². The van der Waals surface area contributed by atoms with Gasteiger partial charge in [-0.25, -0.2) is 0 Å². The molecule has 4 nitrogen and oxygen atoms in total. The summed E-state index contributed by atoms with van der Waals surface area (Å²) in [4.78, 5) is 23.9. The highest BCUT2D eigenvalue weighted by Gasteiger charge is 2.20. The van der Waals surface area contributed by atoms with Gasteiger partial charge < -0.3 is 10.6 Å². The molecule has 0 heterocycles. The number of benzene rings is 2. The maximum absolute atomic E-state index is 12.1. The molecule has 0 spiro atoms. The summed E-state index contributed by atoms with van der Waals surface area (Å²) in [6.45, 7) is 2.43. The van der Waals surface area contributed by atoms with Gasteiger partial charge in [0.1, 0.15) is 0 Å². The number of hydrogen-bond donors (Lipinski definition) is 2. The minimum Gasteiger partial charge on any atom is -0.348 e. The molecule has 0 unspecified atom stereocenters. The molecule has 0 bridgehead atoms. The van der Waals surface area contributed by atoms with Crippen LogP contribution < -0.4 is 10.6 Å². The van der Waals surface area contributed by atoms with E-state index in [1.54, 1.807) is 0 Å². The number of carbonyl (C=O) groups is 2. The highest BCUT2D eigenvalue weighted by Crippen LogP contribution is 2.21. The topological polar surface area (TPSA) is 58.2 Å². The molecule has 0 aliphatic carbocycles. The predicted molar refractivity (Wildman–Crippen MR) is 86.2 cm³/mol. The molecule has 0 aliphatic rings. The predicted octanol–water partition coefficient (Wildman–Crippen LogP) is 2.42. The maximum Gasteiger partial charge on any atom is 0.310 e. The van der Waals surface area contributed by atoms with Crippen molar-refractivity contribution < 1.29 is 9.59 Å². The Balaban J connectivity index is 2.19. The van der Waals surface area contributed by atoms with Crippen molar-refractivity contribution in [3.63, 3.8) is 0 Å². The second-order valence-electron chi connectivity index (χ2n) is 4.98. The molecule has 2 rings (SSSR count). The van der Waals surface area contributed by atoms with Crippen molar-refractivity contribution in [3.8, 4) is 0 Å². The molecule has 0 saturated carbocycles. The van der Waals surface area contributed by atoms with E-state index < -0.39 is 11.8 Å². The Morgan fingerprint density at radius 3 is 1.82 bits per heavy atom. The smallest absolute Gasteiger partial charge is 0.310 e. The van der Waals surface area contributed by atoms with Crippen molar-refractivity contribution in [3.05, 3.63) is 71.8 Å². The molecule has 0 aromatic heterocycles. The van der Waals surface area contributed by atoms with Gasteiger partial charge in [0.15, 0.2) is 0 Å². The van der Waals surface area contributed by atoms with Crippen molar-refractivity contribution >= 4 is 11.8 Å². The SMILES string of the molecule is CCCNC(=O)C(=O)NC(c1ccccc1)c1ccccc1. The van der Waals surface area contributed by atoms with E-state index in [2.05, 4.69) is 10.6 Å². The molecule has 2 aromatic rings. The first-order valence-electron chi connectivity index (χ1n) is 7.41. The zero-order valence-corrected chi connectivity index (χ0v) is 12.6. The Kier molecular flexibility index (Phi) is 5.72. The number of nitrogens with one attached hydrogen (secondary N) is 2. The van der Waals surface area contributed by atoms with Gasteiger partial charge in [-0.2, -0.15) is 0 Å². The molecule has 114 valence electrons. The fraction of sp³-hybridized carbons (Fsp3) is 0.222. The summed E-state index contributed by atoms with van der Waals surface area (Å²) >= 11 is 0. The Morgan fingerprint density at radius 1 is 0.864 bits per heavy atom. The summed E-state index contributed by atoms with van der Waals surface area (Å²) in [5, 5.41) is 5.40. The van der Waals surface area contributed by atoms with Gasteiger partial charge in [0, 0.05) is 6.54 Å². The molecule has 0 aliphatic heterocycles. The molecule has 0 radical (unpaired) electrons. The molecule has 2 N–H and O–H groups in total. The quantitative estimate of drug-likeness (QED) is 0.833. The molecule has 0 fully saturated rings. The lowest BCUT2D eigenvalue weighted by Crippen LogP contribution is -2.42. The lowest BCUT2D eigenvalue weighted by atomic mass is 9.99. The van der Waals surface area contributed by atoms with Gasteiger partial charge in [-0.15, -0.1) is 0 Å². The van der Waals surface area contributed by atoms with Crippen LogP contribution in [0, 0.1) is 0 Å². The van der Waals surface area contributed by atoms with E-state index in [4.69, 9.17) is 0 Å². The van der Waals surface area contributed by atoms with Crippen LogP contribution in [0.3, 0.4) is 0 Å². The fourth-order valence-corrected chi connectivity index (χ4v) is 2.17. The summed E-state index contributed by atoms with van der Waals surface area (Å²) in [6, 6.07) is 18.9. The molecule has 22 heavy (non-hydrogen) atoms. The zero-order chi connectivity index (χ0) is 15.8. The van der Waals surface area contributed by atoms with Gasteiger partial charge in [-0.05, 0) is 17.5 Å². The molecule has 0 saturated heterocycles. The second-order valence-corrected chi connectivity index (χ2v) is 4.98. The van der Waals surface area contributed by atoms with Crippen LogP contribution >= 0.6 is 0 Å². The molecule has 2 amide bonds. The summed E-state index contributed by atoms with van der Waals surface area (Å²) in [5.74, 6) is -1.22. The summed E-state index contributed by atoms with van der Waals surface area (Å²) in [7, 11) is 0. The Bertz CT molecular complexity index is 572. The highest BCUT2D eigenvalue weighted by atomic mass is 16.2. The molecule has 0 atom stereocenters. The highest BCUT2D eigenvalue weighted by molar-refractivity contribution is 6.35. The number of carbonyl (C=O) groups excluding carboxylic acids is 2. The monoisotopic (exact) mass is 296 g/mol. The molecule has 4 heteroatoms. The largest absolute Gasteiger partial charge is 0.348 e. The van der Waals surface area contributed by atoms with Gasteiger partial charge in [0.2, 0.25) is 0 Å². The third kappa shape index (κ3) is 4.19. The Morgan fingerprint density at radius 2 is 1.36 bits per heavy atom. The minimum absolute atomic E-state index is 0.345. The van der Waals surface area contributed by atoms with Crippen molar-refractivity contribution in [2.75, 3.05) is 6.54 Å². The van der Waals surface area contributed by atoms with Crippen molar-refractivity contribution in [1.82, 2.24) is 10.6 Å². The molecular weight excluding hydrogens is 276 g/mol. The van der Waals surface area contributed by atoms with Gasteiger partial charge >= 0.3 is 11.8 Å². The average Bonchev–Trinajstić information content (AvgIpc) is 2.58. The summed E-state index contributed by atoms with van der Waals surface area (Å²) in [6.07, 6.45) is 0.791.